The summed E-state index contributed by atoms with van der Waals surface area (Å²) in [5, 5.41) is 2.24. The summed E-state index contributed by atoms with van der Waals surface area (Å²) in [5.74, 6) is 0.454. The van der Waals surface area contributed by atoms with Crippen molar-refractivity contribution in [2.45, 2.75) is 36.8 Å². The molecule has 2 N–H and O–H groups in total. The molecule has 2 aromatic rings. The van der Waals surface area contributed by atoms with Gasteiger partial charge in [0.05, 0.1) is 5.56 Å². The number of alkyl halides is 3. The summed E-state index contributed by atoms with van der Waals surface area (Å²) in [4.78, 5) is 31.1. The highest BCUT2D eigenvalue weighted by Gasteiger charge is 2.32. The minimum absolute atomic E-state index is 0.0954. The third-order valence-corrected chi connectivity index (χ3v) is 4.83. The molecule has 1 aliphatic rings. The number of H-pyrrole nitrogens is 1. The Morgan fingerprint density at radius 1 is 1.38 bits per heavy atom. The van der Waals surface area contributed by atoms with Crippen molar-refractivity contribution in [1.29, 1.82) is 0 Å². The lowest BCUT2D eigenvalue weighted by Crippen LogP contribution is -2.22. The molecular weight excluding hydrogens is 367 g/mol. The third-order valence-electron chi connectivity index (χ3n) is 3.92. The van der Waals surface area contributed by atoms with Gasteiger partial charge in [-0.1, -0.05) is 6.92 Å². The molecule has 1 aliphatic carbocycles. The number of thioether (sulfide) groups is 1. The van der Waals surface area contributed by atoms with Crippen molar-refractivity contribution in [3.63, 3.8) is 0 Å². The van der Waals surface area contributed by atoms with Gasteiger partial charge in [0, 0.05) is 17.3 Å². The van der Waals surface area contributed by atoms with Gasteiger partial charge in [-0.3, -0.25) is 9.59 Å². The van der Waals surface area contributed by atoms with Gasteiger partial charge < -0.3 is 10.3 Å². The van der Waals surface area contributed by atoms with E-state index in [0.717, 1.165) is 18.4 Å². The number of pyridine rings is 2. The van der Waals surface area contributed by atoms with Gasteiger partial charge in [-0.15, -0.1) is 11.8 Å². The number of halogens is 3. The Morgan fingerprint density at radius 3 is 2.73 bits per heavy atom. The van der Waals surface area contributed by atoms with E-state index in [1.165, 1.54) is 11.8 Å². The lowest BCUT2D eigenvalue weighted by molar-refractivity contribution is -0.137. The second kappa shape index (κ2) is 7.14. The zero-order valence-electron chi connectivity index (χ0n) is 13.8. The van der Waals surface area contributed by atoms with Crippen LogP contribution in [0.15, 0.2) is 34.2 Å². The van der Waals surface area contributed by atoms with Crippen molar-refractivity contribution in [1.82, 2.24) is 9.97 Å². The van der Waals surface area contributed by atoms with E-state index in [-0.39, 0.29) is 5.69 Å². The maximum absolute atomic E-state index is 12.8. The molecule has 3 rings (SSSR count). The van der Waals surface area contributed by atoms with Gasteiger partial charge >= 0.3 is 6.18 Å². The van der Waals surface area contributed by atoms with Crippen molar-refractivity contribution in [3.8, 4) is 0 Å². The van der Waals surface area contributed by atoms with Crippen molar-refractivity contribution in [3.05, 3.63) is 51.7 Å². The molecule has 1 saturated carbocycles. The molecule has 2 heterocycles. The Kier molecular flexibility index (Phi) is 5.08. The average Bonchev–Trinajstić information content (AvgIpc) is 3.41. The van der Waals surface area contributed by atoms with Crippen LogP contribution < -0.4 is 10.9 Å². The molecule has 0 atom stereocenters. The van der Waals surface area contributed by atoms with Crippen molar-refractivity contribution >= 4 is 23.4 Å². The second-order valence-electron chi connectivity index (χ2n) is 5.91. The zero-order chi connectivity index (χ0) is 18.9. The molecule has 0 spiro atoms. The quantitative estimate of drug-likeness (QED) is 0.765. The summed E-state index contributed by atoms with van der Waals surface area (Å²) in [6.45, 7) is 1.92. The van der Waals surface area contributed by atoms with Gasteiger partial charge in [-0.25, -0.2) is 4.98 Å². The molecule has 0 aliphatic heterocycles. The summed E-state index contributed by atoms with van der Waals surface area (Å²) in [6.07, 6.45) is -0.273. The van der Waals surface area contributed by atoms with Gasteiger partial charge in [0.1, 0.15) is 11.4 Å². The van der Waals surface area contributed by atoms with Crippen LogP contribution in [0.3, 0.4) is 0 Å². The Hall–Kier alpha value is -2.29. The second-order valence-corrected chi connectivity index (χ2v) is 7.21. The maximum Gasteiger partial charge on any atom is 0.417 e. The highest BCUT2D eigenvalue weighted by Crippen LogP contribution is 2.41. The van der Waals surface area contributed by atoms with Gasteiger partial charge in [0.2, 0.25) is 0 Å². The predicted molar refractivity (Wildman–Crippen MR) is 92.6 cm³/mol. The highest BCUT2D eigenvalue weighted by atomic mass is 32.2. The van der Waals surface area contributed by atoms with E-state index >= 15 is 0 Å². The van der Waals surface area contributed by atoms with Crippen LogP contribution in [0.25, 0.3) is 0 Å². The predicted octanol–water partition coefficient (Wildman–Crippen LogP) is 4.03. The van der Waals surface area contributed by atoms with E-state index in [1.54, 1.807) is 6.20 Å². The SMILES string of the molecule is CCSc1cc(C2CC2)cnc1C(=O)Nc1cc(C(F)(F)F)c[nH]c1=O. The summed E-state index contributed by atoms with van der Waals surface area (Å²) < 4.78 is 38.4. The van der Waals surface area contributed by atoms with Crippen LogP contribution in [0.4, 0.5) is 18.9 Å². The van der Waals surface area contributed by atoms with Gasteiger partial charge in [0.15, 0.2) is 0 Å². The first kappa shape index (κ1) is 18.5. The van der Waals surface area contributed by atoms with Crippen LogP contribution in [-0.4, -0.2) is 21.6 Å². The molecule has 0 bridgehead atoms. The largest absolute Gasteiger partial charge is 0.417 e. The number of amides is 1. The standard InChI is InChI=1S/C17H16F3N3O2S/c1-2-26-13-5-10(9-3-4-9)7-21-14(13)16(25)23-12-6-11(17(18,19)20)8-22-15(12)24/h5-9H,2-4H2,1H3,(H,22,24)(H,23,25). The molecule has 0 saturated heterocycles. The van der Waals surface area contributed by atoms with Crippen LogP contribution in [-0.2, 0) is 6.18 Å². The van der Waals surface area contributed by atoms with Gasteiger partial charge in [-0.05, 0) is 42.2 Å². The maximum atomic E-state index is 12.8. The number of hydrogen-bond donors (Lipinski definition) is 2. The number of carbonyl (C=O) groups is 1. The molecule has 26 heavy (non-hydrogen) atoms. The van der Waals surface area contributed by atoms with Crippen LogP contribution >= 0.6 is 11.8 Å². The lowest BCUT2D eigenvalue weighted by atomic mass is 10.1. The first-order valence-electron chi connectivity index (χ1n) is 8.03. The van der Waals surface area contributed by atoms with Gasteiger partial charge in [0.25, 0.3) is 11.5 Å². The fraction of sp³-hybridized carbons (Fsp3) is 0.353. The molecule has 5 nitrogen and oxygen atoms in total. The summed E-state index contributed by atoms with van der Waals surface area (Å²) >= 11 is 1.42. The van der Waals surface area contributed by atoms with Crippen LogP contribution in [0.2, 0.25) is 0 Å². The van der Waals surface area contributed by atoms with Crippen molar-refractivity contribution in [2.24, 2.45) is 0 Å². The van der Waals surface area contributed by atoms with E-state index in [0.29, 0.717) is 28.8 Å². The topological polar surface area (TPSA) is 74.8 Å². The number of rotatable bonds is 5. The van der Waals surface area contributed by atoms with Gasteiger partial charge in [-0.2, -0.15) is 13.2 Å². The number of nitrogens with zero attached hydrogens (tertiary/aromatic N) is 1. The summed E-state index contributed by atoms with van der Waals surface area (Å²) in [5.41, 5.74) is -1.18. The molecule has 0 unspecified atom stereocenters. The fourth-order valence-corrected chi connectivity index (χ4v) is 3.27. The monoisotopic (exact) mass is 383 g/mol. The first-order valence-corrected chi connectivity index (χ1v) is 9.02. The van der Waals surface area contributed by atoms with E-state index in [4.69, 9.17) is 0 Å². The number of aromatic amines is 1. The molecule has 1 fully saturated rings. The Bertz CT molecular complexity index is 892. The number of hydrogen-bond acceptors (Lipinski definition) is 4. The normalized spacial score (nSPS) is 14.3. The van der Waals surface area contributed by atoms with Crippen molar-refractivity contribution in [2.75, 3.05) is 11.1 Å². The number of carbonyl (C=O) groups excluding carboxylic acids is 1. The molecule has 9 heteroatoms. The van der Waals surface area contributed by atoms with Crippen molar-refractivity contribution < 1.29 is 18.0 Å². The molecule has 0 radical (unpaired) electrons. The molecule has 2 aromatic heterocycles. The van der Waals surface area contributed by atoms with E-state index in [1.807, 2.05) is 18.0 Å². The summed E-state index contributed by atoms with van der Waals surface area (Å²) in [7, 11) is 0. The zero-order valence-corrected chi connectivity index (χ0v) is 14.6. The Balaban J connectivity index is 1.89. The number of aromatic nitrogens is 2. The van der Waals surface area contributed by atoms with Crippen LogP contribution in [0.5, 0.6) is 0 Å². The molecular formula is C17H16F3N3O2S. The minimum atomic E-state index is -4.63. The van der Waals surface area contributed by atoms with E-state index < -0.39 is 28.9 Å². The Labute approximate surface area is 151 Å². The fourth-order valence-electron chi connectivity index (χ4n) is 2.46. The Morgan fingerprint density at radius 2 is 2.12 bits per heavy atom. The first-order chi connectivity index (χ1) is 12.3. The molecule has 1 amide bonds. The van der Waals surface area contributed by atoms with E-state index in [9.17, 15) is 22.8 Å². The highest BCUT2D eigenvalue weighted by molar-refractivity contribution is 7.99. The van der Waals surface area contributed by atoms with Crippen LogP contribution in [0.1, 0.15) is 47.3 Å². The molecule has 0 aromatic carbocycles. The third kappa shape index (κ3) is 4.09. The molecule has 138 valence electrons. The van der Waals surface area contributed by atoms with E-state index in [2.05, 4.69) is 10.3 Å². The average molecular weight is 383 g/mol. The summed E-state index contributed by atoms with van der Waals surface area (Å²) in [6, 6.07) is 2.51. The number of anilines is 1. The van der Waals surface area contributed by atoms with Crippen LogP contribution in [0, 0.1) is 0 Å². The lowest BCUT2D eigenvalue weighted by Gasteiger charge is -2.11. The smallest absolute Gasteiger partial charge is 0.327 e. The minimum Gasteiger partial charge on any atom is -0.327 e. The number of nitrogens with one attached hydrogen (secondary N) is 2.